The van der Waals surface area contributed by atoms with Crippen molar-refractivity contribution >= 4 is 11.3 Å². The zero-order chi connectivity index (χ0) is 10.1. The highest BCUT2D eigenvalue weighted by Gasteiger charge is 2.17. The topological polar surface area (TPSA) is 50.9 Å². The molecule has 0 bridgehead atoms. The molecule has 2 aromatic heterocycles. The number of aryl methyl sites for hydroxylation is 1. The fourth-order valence-corrected chi connectivity index (χ4v) is 1.90. The third kappa shape index (κ3) is 1.44. The number of aromatic nitrogens is 3. The maximum absolute atomic E-state index is 9.96. The Morgan fingerprint density at radius 3 is 2.79 bits per heavy atom. The molecule has 0 radical (unpaired) electrons. The summed E-state index contributed by atoms with van der Waals surface area (Å²) in [5, 5.41) is 12.5. The van der Waals surface area contributed by atoms with Crippen LogP contribution >= 0.6 is 11.3 Å². The van der Waals surface area contributed by atoms with E-state index in [-0.39, 0.29) is 0 Å². The first-order chi connectivity index (χ1) is 6.70. The number of imidazole rings is 1. The summed E-state index contributed by atoms with van der Waals surface area (Å²) in [7, 11) is 1.88. The van der Waals surface area contributed by atoms with Crippen LogP contribution in [0.25, 0.3) is 0 Å². The monoisotopic (exact) mass is 209 g/mol. The minimum atomic E-state index is -0.666. The summed E-state index contributed by atoms with van der Waals surface area (Å²) in [5.41, 5.74) is 0.775. The molecule has 0 saturated carbocycles. The quantitative estimate of drug-likeness (QED) is 0.810. The van der Waals surface area contributed by atoms with Gasteiger partial charge in [0.05, 0.1) is 11.9 Å². The molecule has 2 heterocycles. The van der Waals surface area contributed by atoms with Crippen LogP contribution in [0.4, 0.5) is 0 Å². The fraction of sp³-hybridized carbons (Fsp3) is 0.333. The molecule has 0 spiro atoms. The number of nitrogens with zero attached hydrogens (tertiary/aromatic N) is 3. The molecular formula is C9H11N3OS. The molecule has 0 amide bonds. The highest BCUT2D eigenvalue weighted by Crippen LogP contribution is 2.23. The van der Waals surface area contributed by atoms with Crippen LogP contribution in [0.2, 0.25) is 0 Å². The molecule has 0 aliphatic rings. The summed E-state index contributed by atoms with van der Waals surface area (Å²) in [6.07, 6.45) is 2.70. The van der Waals surface area contributed by atoms with E-state index < -0.39 is 6.10 Å². The van der Waals surface area contributed by atoms with Gasteiger partial charge >= 0.3 is 0 Å². The zero-order valence-corrected chi connectivity index (χ0v) is 8.82. The van der Waals surface area contributed by atoms with Crippen LogP contribution in [0.5, 0.6) is 0 Å². The fourth-order valence-electron chi connectivity index (χ4n) is 1.27. The third-order valence-corrected chi connectivity index (χ3v) is 3.05. The van der Waals surface area contributed by atoms with Gasteiger partial charge in [0.2, 0.25) is 0 Å². The lowest BCUT2D eigenvalue weighted by Crippen LogP contribution is -2.06. The van der Waals surface area contributed by atoms with Gasteiger partial charge in [-0.3, -0.25) is 0 Å². The number of aliphatic hydroxyl groups excluding tert-OH is 1. The third-order valence-electron chi connectivity index (χ3n) is 2.22. The van der Waals surface area contributed by atoms with Gasteiger partial charge in [0.25, 0.3) is 0 Å². The molecule has 0 aromatic carbocycles. The highest BCUT2D eigenvalue weighted by molar-refractivity contribution is 7.09. The molecule has 74 valence electrons. The van der Waals surface area contributed by atoms with Crippen molar-refractivity contribution in [1.29, 1.82) is 0 Å². The maximum Gasteiger partial charge on any atom is 0.147 e. The molecule has 4 nitrogen and oxygen atoms in total. The van der Waals surface area contributed by atoms with Crippen molar-refractivity contribution in [1.82, 2.24) is 14.5 Å². The molecule has 2 aromatic rings. The molecule has 1 atom stereocenters. The van der Waals surface area contributed by atoms with E-state index in [9.17, 15) is 5.11 Å². The lowest BCUT2D eigenvalue weighted by Gasteiger charge is -2.08. The van der Waals surface area contributed by atoms with Gasteiger partial charge in [-0.2, -0.15) is 0 Å². The van der Waals surface area contributed by atoms with Gasteiger partial charge in [-0.1, -0.05) is 0 Å². The summed E-state index contributed by atoms with van der Waals surface area (Å²) in [5.74, 6) is 0.885. The second-order valence-corrected chi connectivity index (χ2v) is 3.99. The zero-order valence-electron chi connectivity index (χ0n) is 8.01. The van der Waals surface area contributed by atoms with Gasteiger partial charge in [-0.05, 0) is 6.92 Å². The first kappa shape index (κ1) is 9.36. The largest absolute Gasteiger partial charge is 0.380 e. The Balaban J connectivity index is 2.36. The molecule has 0 saturated heterocycles. The Bertz CT molecular complexity index is 421. The predicted octanol–water partition coefficient (Wildman–Crippen LogP) is 1.27. The van der Waals surface area contributed by atoms with E-state index in [4.69, 9.17) is 0 Å². The normalized spacial score (nSPS) is 13.1. The van der Waals surface area contributed by atoms with Crippen LogP contribution in [0.1, 0.15) is 22.6 Å². The summed E-state index contributed by atoms with van der Waals surface area (Å²) in [4.78, 5) is 8.20. The first-order valence-corrected chi connectivity index (χ1v) is 5.14. The van der Waals surface area contributed by atoms with Gasteiger partial charge in [-0.25, -0.2) is 9.97 Å². The molecule has 0 fully saturated rings. The van der Waals surface area contributed by atoms with E-state index in [1.807, 2.05) is 23.9 Å². The average Bonchev–Trinajstić information content (AvgIpc) is 2.77. The molecule has 14 heavy (non-hydrogen) atoms. The second-order valence-electron chi connectivity index (χ2n) is 3.06. The highest BCUT2D eigenvalue weighted by atomic mass is 32.1. The van der Waals surface area contributed by atoms with E-state index in [1.165, 1.54) is 11.3 Å². The number of thiazole rings is 1. The summed E-state index contributed by atoms with van der Waals surface area (Å²) in [6.45, 7) is 1.90. The van der Waals surface area contributed by atoms with Gasteiger partial charge in [0.15, 0.2) is 0 Å². The maximum atomic E-state index is 9.96. The molecular weight excluding hydrogens is 198 g/mol. The van der Waals surface area contributed by atoms with Crippen LogP contribution in [0, 0.1) is 6.92 Å². The van der Waals surface area contributed by atoms with E-state index in [2.05, 4.69) is 9.97 Å². The Morgan fingerprint density at radius 1 is 1.50 bits per heavy atom. The number of hydrogen-bond donors (Lipinski definition) is 1. The Hall–Kier alpha value is -1.20. The Labute approximate surface area is 85.9 Å². The molecule has 0 aliphatic heterocycles. The standard InChI is InChI=1S/C9H11N3OS/c1-6-11-5-7(12(6)2)8(13)9-10-3-4-14-9/h3-5,8,13H,1-2H3. The second kappa shape index (κ2) is 3.51. The van der Waals surface area contributed by atoms with E-state index in [0.717, 1.165) is 11.5 Å². The SMILES string of the molecule is Cc1ncc(C(O)c2nccs2)n1C. The van der Waals surface area contributed by atoms with Crippen LogP contribution in [0.3, 0.4) is 0 Å². The summed E-state index contributed by atoms with van der Waals surface area (Å²) < 4.78 is 1.87. The Morgan fingerprint density at radius 2 is 2.29 bits per heavy atom. The van der Waals surface area contributed by atoms with E-state index in [1.54, 1.807) is 12.4 Å². The van der Waals surface area contributed by atoms with E-state index in [0.29, 0.717) is 5.01 Å². The van der Waals surface area contributed by atoms with Crippen molar-refractivity contribution < 1.29 is 5.11 Å². The van der Waals surface area contributed by atoms with Crippen molar-refractivity contribution in [3.05, 3.63) is 34.3 Å². The van der Waals surface area contributed by atoms with Crippen molar-refractivity contribution in [2.45, 2.75) is 13.0 Å². The number of aliphatic hydroxyl groups is 1. The number of rotatable bonds is 2. The van der Waals surface area contributed by atoms with Crippen molar-refractivity contribution in [2.24, 2.45) is 7.05 Å². The van der Waals surface area contributed by atoms with Gasteiger partial charge < -0.3 is 9.67 Å². The van der Waals surface area contributed by atoms with Gasteiger partial charge in [-0.15, -0.1) is 11.3 Å². The molecule has 1 N–H and O–H groups in total. The van der Waals surface area contributed by atoms with Crippen molar-refractivity contribution in [2.75, 3.05) is 0 Å². The average molecular weight is 209 g/mol. The Kier molecular flexibility index (Phi) is 2.35. The van der Waals surface area contributed by atoms with Crippen LogP contribution in [0.15, 0.2) is 17.8 Å². The van der Waals surface area contributed by atoms with E-state index >= 15 is 0 Å². The van der Waals surface area contributed by atoms with Crippen LogP contribution in [-0.4, -0.2) is 19.6 Å². The molecule has 5 heteroatoms. The molecule has 0 aliphatic carbocycles. The minimum absolute atomic E-state index is 0.666. The summed E-state index contributed by atoms with van der Waals surface area (Å²) >= 11 is 1.44. The summed E-state index contributed by atoms with van der Waals surface area (Å²) in [6, 6.07) is 0. The van der Waals surface area contributed by atoms with Crippen molar-refractivity contribution in [3.8, 4) is 0 Å². The van der Waals surface area contributed by atoms with Gasteiger partial charge in [0, 0.05) is 18.6 Å². The van der Waals surface area contributed by atoms with Crippen molar-refractivity contribution in [3.63, 3.8) is 0 Å². The smallest absolute Gasteiger partial charge is 0.147 e. The molecule has 1 unspecified atom stereocenters. The lowest BCUT2D eigenvalue weighted by atomic mass is 10.3. The van der Waals surface area contributed by atoms with Gasteiger partial charge in [0.1, 0.15) is 16.9 Å². The van der Waals surface area contributed by atoms with Crippen LogP contribution < -0.4 is 0 Å². The van der Waals surface area contributed by atoms with Crippen LogP contribution in [-0.2, 0) is 7.05 Å². The lowest BCUT2D eigenvalue weighted by molar-refractivity contribution is 0.210. The minimum Gasteiger partial charge on any atom is -0.380 e. The molecule has 2 rings (SSSR count). The number of hydrogen-bond acceptors (Lipinski definition) is 4. The first-order valence-electron chi connectivity index (χ1n) is 4.26. The predicted molar refractivity (Wildman–Crippen MR) is 54.1 cm³/mol.